The maximum absolute atomic E-state index is 12.1. The van der Waals surface area contributed by atoms with E-state index < -0.39 is 5.91 Å². The molecule has 206 valence electrons. The van der Waals surface area contributed by atoms with Crippen LogP contribution in [0, 0.1) is 0 Å². The van der Waals surface area contributed by atoms with Crippen molar-refractivity contribution in [2.75, 3.05) is 7.11 Å². The zero-order valence-electron chi connectivity index (χ0n) is 22.6. The van der Waals surface area contributed by atoms with Crippen molar-refractivity contribution in [2.24, 2.45) is 10.8 Å². The molecule has 1 rings (SSSR count). The topological polar surface area (TPSA) is 126 Å². The third-order valence-corrected chi connectivity index (χ3v) is 5.11. The van der Waals surface area contributed by atoms with E-state index in [0.29, 0.717) is 18.4 Å². The average molecular weight is 523 g/mol. The minimum absolute atomic E-state index is 0.00799. The first-order chi connectivity index (χ1) is 18.5. The number of phenols is 1. The Morgan fingerprint density at radius 2 is 1.50 bits per heavy atom. The lowest BCUT2D eigenvalue weighted by Gasteiger charge is -2.07. The Bertz CT molecular complexity index is 1020. The number of unbranched alkanes of at least 4 members (excludes halogenated alkanes) is 1. The van der Waals surface area contributed by atoms with Gasteiger partial charge in [-0.1, -0.05) is 73.8 Å². The molecule has 5 N–H and O–H groups in total. The van der Waals surface area contributed by atoms with Crippen molar-refractivity contribution < 1.29 is 19.4 Å². The predicted molar refractivity (Wildman–Crippen MR) is 155 cm³/mol. The summed E-state index contributed by atoms with van der Waals surface area (Å²) in [5, 5.41) is 15.7. The molecule has 0 spiro atoms. The van der Waals surface area contributed by atoms with Gasteiger partial charge >= 0.3 is 0 Å². The summed E-state index contributed by atoms with van der Waals surface area (Å²) in [7, 11) is 1.43. The van der Waals surface area contributed by atoms with Crippen LogP contribution in [-0.2, 0) is 16.0 Å². The van der Waals surface area contributed by atoms with Crippen LogP contribution in [-0.4, -0.2) is 30.0 Å². The van der Waals surface area contributed by atoms with Gasteiger partial charge in [0.25, 0.3) is 0 Å². The molecule has 0 aliphatic heterocycles. The third-order valence-electron chi connectivity index (χ3n) is 5.11. The standard InChI is InChI=1S/C30H42N4O4/c1-3-4-5-6-7-8-9-10-11-12-13-14-15-16-17-18-19-20-28(36)33-34-30(31)32-29(37)24-25-21-22-26(35)27(23-25)38-2/h4-5,7-8,10-11,13-14,16-17,21-23,35H,3,6,9,12,15,18-20,24H2,1-2H3,(H,33,36)(H3,31,32,34,37). The van der Waals surface area contributed by atoms with E-state index in [4.69, 9.17) is 10.5 Å². The van der Waals surface area contributed by atoms with Gasteiger partial charge in [0.1, 0.15) is 0 Å². The van der Waals surface area contributed by atoms with E-state index in [2.05, 4.69) is 83.5 Å². The van der Waals surface area contributed by atoms with Gasteiger partial charge in [-0.25, -0.2) is 5.43 Å². The zero-order valence-corrected chi connectivity index (χ0v) is 22.6. The quantitative estimate of drug-likeness (QED) is 0.0724. The summed E-state index contributed by atoms with van der Waals surface area (Å²) >= 11 is 0. The molecule has 1 aromatic rings. The van der Waals surface area contributed by atoms with Crippen LogP contribution in [0.25, 0.3) is 0 Å². The first-order valence-corrected chi connectivity index (χ1v) is 13.0. The number of benzene rings is 1. The summed E-state index contributed by atoms with van der Waals surface area (Å²) in [5.74, 6) is -0.632. The molecule has 0 aromatic heterocycles. The summed E-state index contributed by atoms with van der Waals surface area (Å²) in [4.78, 5) is 24.0. The van der Waals surface area contributed by atoms with Crippen LogP contribution in [0.2, 0.25) is 0 Å². The highest BCUT2D eigenvalue weighted by Crippen LogP contribution is 2.26. The molecule has 0 saturated carbocycles. The molecule has 1 aromatic carbocycles. The minimum Gasteiger partial charge on any atom is -0.504 e. The first-order valence-electron chi connectivity index (χ1n) is 13.0. The number of guanidine groups is 1. The van der Waals surface area contributed by atoms with E-state index in [1.807, 2.05) is 0 Å². The Labute approximate surface area is 226 Å². The highest BCUT2D eigenvalue weighted by Gasteiger charge is 2.09. The van der Waals surface area contributed by atoms with E-state index in [1.165, 1.54) is 13.2 Å². The van der Waals surface area contributed by atoms with Crippen LogP contribution in [0.5, 0.6) is 11.5 Å². The predicted octanol–water partition coefficient (Wildman–Crippen LogP) is 5.33. The highest BCUT2D eigenvalue weighted by atomic mass is 16.5. The molecule has 0 unspecified atom stereocenters. The molecule has 0 aliphatic carbocycles. The van der Waals surface area contributed by atoms with Crippen molar-refractivity contribution in [1.82, 2.24) is 10.7 Å². The molecule has 8 heteroatoms. The summed E-state index contributed by atoms with van der Waals surface area (Å²) in [5.41, 5.74) is 8.63. The van der Waals surface area contributed by atoms with Crippen LogP contribution in [0.3, 0.4) is 0 Å². The van der Waals surface area contributed by atoms with Gasteiger partial charge in [-0.2, -0.15) is 0 Å². The Morgan fingerprint density at radius 3 is 2.08 bits per heavy atom. The number of nitrogens with zero attached hydrogens (tertiary/aromatic N) is 1. The lowest BCUT2D eigenvalue weighted by atomic mass is 10.1. The second kappa shape index (κ2) is 21.1. The van der Waals surface area contributed by atoms with E-state index in [1.54, 1.807) is 12.1 Å². The van der Waals surface area contributed by atoms with Gasteiger partial charge in [0.15, 0.2) is 11.5 Å². The second-order valence-corrected chi connectivity index (χ2v) is 8.36. The van der Waals surface area contributed by atoms with Crippen LogP contribution in [0.15, 0.2) is 84.1 Å². The highest BCUT2D eigenvalue weighted by molar-refractivity contribution is 5.97. The number of aromatic hydroxyl groups is 1. The summed E-state index contributed by atoms with van der Waals surface area (Å²) in [6, 6.07) is 4.60. The van der Waals surface area contributed by atoms with Crippen molar-refractivity contribution in [2.45, 2.75) is 64.7 Å². The van der Waals surface area contributed by atoms with Crippen molar-refractivity contribution in [3.63, 3.8) is 0 Å². The molecule has 0 heterocycles. The smallest absolute Gasteiger partial charge is 0.240 e. The van der Waals surface area contributed by atoms with Gasteiger partial charge in [-0.3, -0.25) is 14.9 Å². The summed E-state index contributed by atoms with van der Waals surface area (Å²) in [6.07, 6.45) is 28.1. The normalized spacial score (nSPS) is 12.4. The molecule has 0 fully saturated rings. The van der Waals surface area contributed by atoms with Gasteiger partial charge in [-0.05, 0) is 62.6 Å². The average Bonchev–Trinajstić information content (AvgIpc) is 2.90. The number of hydrazone groups is 1. The monoisotopic (exact) mass is 522 g/mol. The largest absolute Gasteiger partial charge is 0.504 e. The number of hydrogen-bond acceptors (Lipinski definition) is 5. The molecular weight excluding hydrogens is 480 g/mol. The number of carbonyl (C=O) groups excluding carboxylic acids is 2. The van der Waals surface area contributed by atoms with E-state index in [0.717, 1.165) is 38.5 Å². The molecule has 2 amide bonds. The molecule has 0 radical (unpaired) electrons. The number of nitrogens with one attached hydrogen (secondary N) is 2. The molecule has 0 saturated heterocycles. The van der Waals surface area contributed by atoms with E-state index >= 15 is 0 Å². The number of phenolic OH excluding ortho intramolecular Hbond substituents is 1. The fourth-order valence-corrected chi connectivity index (χ4v) is 3.16. The van der Waals surface area contributed by atoms with Crippen molar-refractivity contribution >= 4 is 17.8 Å². The Kier molecular flexibility index (Phi) is 17.7. The fourth-order valence-electron chi connectivity index (χ4n) is 3.16. The number of allylic oxidation sites excluding steroid dienone is 10. The SMILES string of the molecule is CCC=CCC=CCC=CCC=CCC=CCCCC(=O)NN=C(N)NC(=O)Cc1ccc(O)c(OC)c1. The van der Waals surface area contributed by atoms with Crippen molar-refractivity contribution in [1.29, 1.82) is 0 Å². The molecule has 0 atom stereocenters. The van der Waals surface area contributed by atoms with Crippen LogP contribution in [0.1, 0.15) is 63.9 Å². The summed E-state index contributed by atoms with van der Waals surface area (Å²) in [6.45, 7) is 2.14. The molecule has 0 aliphatic rings. The molecule has 8 nitrogen and oxygen atoms in total. The van der Waals surface area contributed by atoms with Crippen LogP contribution >= 0.6 is 0 Å². The molecule has 38 heavy (non-hydrogen) atoms. The molecular formula is C30H42N4O4. The maximum atomic E-state index is 12.1. The Balaban J connectivity index is 2.14. The number of rotatable bonds is 17. The maximum Gasteiger partial charge on any atom is 0.240 e. The first kappa shape index (κ1) is 32.0. The number of amides is 2. The van der Waals surface area contributed by atoms with Crippen molar-refractivity contribution in [3.8, 4) is 11.5 Å². The van der Waals surface area contributed by atoms with Crippen LogP contribution in [0.4, 0.5) is 0 Å². The number of ether oxygens (including phenoxy) is 1. The number of carbonyl (C=O) groups is 2. The minimum atomic E-state index is -0.411. The Morgan fingerprint density at radius 1 is 0.921 bits per heavy atom. The van der Waals surface area contributed by atoms with Crippen LogP contribution < -0.4 is 21.2 Å². The van der Waals surface area contributed by atoms with Gasteiger partial charge in [0.2, 0.25) is 17.8 Å². The summed E-state index contributed by atoms with van der Waals surface area (Å²) < 4.78 is 5.02. The third kappa shape index (κ3) is 16.6. The van der Waals surface area contributed by atoms with Gasteiger partial charge in [0.05, 0.1) is 13.5 Å². The molecule has 0 bridgehead atoms. The number of nitrogens with two attached hydrogens (primary N) is 1. The number of hydrogen-bond donors (Lipinski definition) is 4. The number of methoxy groups -OCH3 is 1. The van der Waals surface area contributed by atoms with Crippen molar-refractivity contribution in [3.05, 3.63) is 84.5 Å². The lowest BCUT2D eigenvalue weighted by Crippen LogP contribution is -2.39. The second-order valence-electron chi connectivity index (χ2n) is 8.36. The Hall–Kier alpha value is -4.07. The van der Waals surface area contributed by atoms with E-state index in [-0.39, 0.29) is 29.8 Å². The van der Waals surface area contributed by atoms with E-state index in [9.17, 15) is 14.7 Å². The van der Waals surface area contributed by atoms with Gasteiger partial charge in [-0.15, -0.1) is 5.10 Å². The van der Waals surface area contributed by atoms with Gasteiger partial charge < -0.3 is 15.6 Å². The fraction of sp³-hybridized carbons (Fsp3) is 0.367. The van der Waals surface area contributed by atoms with Gasteiger partial charge in [0, 0.05) is 6.42 Å². The zero-order chi connectivity index (χ0) is 27.8. The lowest BCUT2D eigenvalue weighted by molar-refractivity contribution is -0.121.